The van der Waals surface area contributed by atoms with Crippen molar-refractivity contribution in [2.45, 2.75) is 99.7 Å². The predicted molar refractivity (Wildman–Crippen MR) is 106 cm³/mol. The lowest BCUT2D eigenvalue weighted by Gasteiger charge is -2.46. The molecule has 0 bridgehead atoms. The number of hydrogen-bond donors (Lipinski definition) is 6. The molecule has 0 radical (unpaired) electrons. The standard InChI is InChI=1S/C19H38N4O6/c1-9(23-2)14-7-15(12(22)8-27-14)28-17-10(20)6-11(21)18(16(17)25)29-19-13(24)4-3-5-26-19/h9-19,23-25H,3-8,20-22H2,1-2H3/t9-,10+,11-,12+,13+,14+,15-,16+,17+,18-,19+/m0/s1. The molecule has 0 aromatic carbocycles. The lowest BCUT2D eigenvalue weighted by atomic mass is 9.84. The van der Waals surface area contributed by atoms with Crippen LogP contribution >= 0.6 is 0 Å². The highest BCUT2D eigenvalue weighted by atomic mass is 16.7. The smallest absolute Gasteiger partial charge is 0.183 e. The molecular weight excluding hydrogens is 380 g/mol. The van der Waals surface area contributed by atoms with E-state index in [1.165, 1.54) is 0 Å². The van der Waals surface area contributed by atoms with Gasteiger partial charge in [0.15, 0.2) is 6.29 Å². The van der Waals surface area contributed by atoms with Crippen LogP contribution < -0.4 is 22.5 Å². The third kappa shape index (κ3) is 5.45. The van der Waals surface area contributed by atoms with E-state index in [1.54, 1.807) is 0 Å². The van der Waals surface area contributed by atoms with Gasteiger partial charge in [-0.3, -0.25) is 0 Å². The van der Waals surface area contributed by atoms with Crippen molar-refractivity contribution in [2.24, 2.45) is 17.2 Å². The fourth-order valence-electron chi connectivity index (χ4n) is 4.37. The molecule has 10 nitrogen and oxygen atoms in total. The van der Waals surface area contributed by atoms with Crippen molar-refractivity contribution in [2.75, 3.05) is 20.3 Å². The van der Waals surface area contributed by atoms with Gasteiger partial charge >= 0.3 is 0 Å². The van der Waals surface area contributed by atoms with Crippen LogP contribution in [0.25, 0.3) is 0 Å². The van der Waals surface area contributed by atoms with Gasteiger partial charge < -0.3 is 51.7 Å². The molecule has 1 saturated carbocycles. The van der Waals surface area contributed by atoms with E-state index in [2.05, 4.69) is 5.32 Å². The number of ether oxygens (including phenoxy) is 4. The quantitative estimate of drug-likeness (QED) is 0.278. The Morgan fingerprint density at radius 3 is 2.34 bits per heavy atom. The first-order chi connectivity index (χ1) is 13.8. The van der Waals surface area contributed by atoms with Gasteiger partial charge in [0.1, 0.15) is 24.4 Å². The van der Waals surface area contributed by atoms with E-state index in [-0.39, 0.29) is 24.3 Å². The Bertz CT molecular complexity index is 517. The lowest BCUT2D eigenvalue weighted by molar-refractivity contribution is -0.269. The molecular formula is C19H38N4O6. The average Bonchev–Trinajstić information content (AvgIpc) is 2.70. The van der Waals surface area contributed by atoms with Gasteiger partial charge in [-0.15, -0.1) is 0 Å². The molecule has 0 aromatic heterocycles. The summed E-state index contributed by atoms with van der Waals surface area (Å²) in [6, 6.07) is -1.11. The van der Waals surface area contributed by atoms with Crippen LogP contribution in [-0.4, -0.2) is 97.6 Å². The fraction of sp³-hybridized carbons (Fsp3) is 1.00. The van der Waals surface area contributed by atoms with Gasteiger partial charge in [-0.05, 0) is 33.2 Å². The number of aliphatic hydroxyl groups excluding tert-OH is 2. The minimum atomic E-state index is -1.05. The van der Waals surface area contributed by atoms with Crippen LogP contribution in [0.1, 0.15) is 32.6 Å². The molecule has 3 fully saturated rings. The Hall–Kier alpha value is -0.400. The summed E-state index contributed by atoms with van der Waals surface area (Å²) in [6.07, 6.45) is -2.01. The third-order valence-corrected chi connectivity index (χ3v) is 6.38. The number of aliphatic hydroxyl groups is 2. The van der Waals surface area contributed by atoms with Crippen molar-refractivity contribution in [1.29, 1.82) is 0 Å². The molecule has 9 N–H and O–H groups in total. The third-order valence-electron chi connectivity index (χ3n) is 6.38. The highest BCUT2D eigenvalue weighted by molar-refractivity contribution is 5.00. The molecule has 0 spiro atoms. The SMILES string of the molecule is CN[C@@H](C)[C@H]1C[C@H](O[C@H]2[C@@H](O)[C@@H](O[C@H]3OCCC[C@H]3O)[C@@H](N)C[C@H]2N)[C@H](N)CO1. The van der Waals surface area contributed by atoms with Crippen LogP contribution in [0.3, 0.4) is 0 Å². The van der Waals surface area contributed by atoms with Crippen molar-refractivity contribution in [3.63, 3.8) is 0 Å². The number of nitrogens with two attached hydrogens (primary N) is 3. The molecule has 0 aromatic rings. The summed E-state index contributed by atoms with van der Waals surface area (Å²) < 4.78 is 23.5. The van der Waals surface area contributed by atoms with Crippen molar-refractivity contribution in [3.05, 3.63) is 0 Å². The van der Waals surface area contributed by atoms with Gasteiger partial charge in [0.05, 0.1) is 24.9 Å². The highest BCUT2D eigenvalue weighted by Gasteiger charge is 2.47. The Morgan fingerprint density at radius 2 is 1.69 bits per heavy atom. The molecule has 29 heavy (non-hydrogen) atoms. The largest absolute Gasteiger partial charge is 0.388 e. The molecule has 10 heteroatoms. The van der Waals surface area contributed by atoms with Crippen LogP contribution in [0.4, 0.5) is 0 Å². The van der Waals surface area contributed by atoms with Crippen LogP contribution in [-0.2, 0) is 18.9 Å². The summed E-state index contributed by atoms with van der Waals surface area (Å²) in [6.45, 7) is 2.92. The molecule has 3 aliphatic rings. The second-order valence-electron chi connectivity index (χ2n) is 8.59. The molecule has 0 amide bonds. The van der Waals surface area contributed by atoms with Gasteiger partial charge in [0.25, 0.3) is 0 Å². The van der Waals surface area contributed by atoms with Gasteiger partial charge in [0, 0.05) is 31.2 Å². The minimum absolute atomic E-state index is 0.0400. The molecule has 11 atom stereocenters. The van der Waals surface area contributed by atoms with Crippen LogP contribution in [0.2, 0.25) is 0 Å². The van der Waals surface area contributed by atoms with Crippen LogP contribution in [0.5, 0.6) is 0 Å². The van der Waals surface area contributed by atoms with E-state index in [0.29, 0.717) is 32.5 Å². The molecule has 1 aliphatic carbocycles. The van der Waals surface area contributed by atoms with E-state index in [4.69, 9.17) is 36.1 Å². The normalized spacial score (nSPS) is 47.7. The summed E-state index contributed by atoms with van der Waals surface area (Å²) in [5.41, 5.74) is 18.7. The van der Waals surface area contributed by atoms with E-state index >= 15 is 0 Å². The van der Waals surface area contributed by atoms with Gasteiger partial charge in [0.2, 0.25) is 0 Å². The molecule has 3 rings (SSSR count). The summed E-state index contributed by atoms with van der Waals surface area (Å²) in [5, 5.41) is 24.3. The maximum atomic E-state index is 11.0. The van der Waals surface area contributed by atoms with E-state index in [1.807, 2.05) is 14.0 Å². The Morgan fingerprint density at radius 1 is 1.00 bits per heavy atom. The van der Waals surface area contributed by atoms with E-state index < -0.39 is 42.8 Å². The monoisotopic (exact) mass is 418 g/mol. The second kappa shape index (κ2) is 10.3. The molecule has 0 unspecified atom stereocenters. The zero-order valence-electron chi connectivity index (χ0n) is 17.4. The molecule has 2 saturated heterocycles. The topological polar surface area (TPSA) is 167 Å². The number of nitrogens with one attached hydrogen (secondary N) is 1. The summed E-state index contributed by atoms with van der Waals surface area (Å²) in [4.78, 5) is 0. The van der Waals surface area contributed by atoms with Crippen molar-refractivity contribution in [3.8, 4) is 0 Å². The van der Waals surface area contributed by atoms with Gasteiger partial charge in [-0.25, -0.2) is 0 Å². The maximum Gasteiger partial charge on any atom is 0.183 e. The maximum absolute atomic E-state index is 11.0. The molecule has 2 heterocycles. The predicted octanol–water partition coefficient (Wildman–Crippen LogP) is -2.23. The van der Waals surface area contributed by atoms with Crippen LogP contribution in [0.15, 0.2) is 0 Å². The minimum Gasteiger partial charge on any atom is -0.388 e. The van der Waals surface area contributed by atoms with Crippen molar-refractivity contribution < 1.29 is 29.2 Å². The Balaban J connectivity index is 1.65. The van der Waals surface area contributed by atoms with Gasteiger partial charge in [-0.1, -0.05) is 0 Å². The summed E-state index contributed by atoms with van der Waals surface area (Å²) in [5.74, 6) is 0. The lowest BCUT2D eigenvalue weighted by Crippen LogP contribution is -2.65. The first kappa shape index (κ1) is 23.3. The summed E-state index contributed by atoms with van der Waals surface area (Å²) >= 11 is 0. The summed E-state index contributed by atoms with van der Waals surface area (Å²) in [7, 11) is 1.88. The number of likely N-dealkylation sites (N-methyl/N-ethyl adjacent to an activating group) is 1. The second-order valence-corrected chi connectivity index (χ2v) is 8.59. The fourth-order valence-corrected chi connectivity index (χ4v) is 4.37. The molecule has 2 aliphatic heterocycles. The van der Waals surface area contributed by atoms with Gasteiger partial charge in [-0.2, -0.15) is 0 Å². The van der Waals surface area contributed by atoms with Crippen molar-refractivity contribution in [1.82, 2.24) is 5.32 Å². The number of rotatable bonds is 6. The number of hydrogen-bond acceptors (Lipinski definition) is 10. The Labute approximate surface area is 172 Å². The zero-order chi connectivity index (χ0) is 21.1. The first-order valence-electron chi connectivity index (χ1n) is 10.7. The molecule has 170 valence electrons. The Kier molecular flexibility index (Phi) is 8.24. The zero-order valence-corrected chi connectivity index (χ0v) is 17.4. The first-order valence-corrected chi connectivity index (χ1v) is 10.7. The van der Waals surface area contributed by atoms with E-state index in [9.17, 15) is 10.2 Å². The highest BCUT2D eigenvalue weighted by Crippen LogP contribution is 2.29. The van der Waals surface area contributed by atoms with Crippen molar-refractivity contribution >= 4 is 0 Å². The average molecular weight is 419 g/mol. The van der Waals surface area contributed by atoms with E-state index in [0.717, 1.165) is 6.42 Å². The van der Waals surface area contributed by atoms with Crippen LogP contribution in [0, 0.1) is 0 Å².